The molecule has 1 fully saturated rings. The maximum Gasteiger partial charge on any atom is 0.264 e. The number of imidazole rings is 1. The second-order valence-electron chi connectivity index (χ2n) is 7.76. The molecule has 176 valence electrons. The van der Waals surface area contributed by atoms with E-state index in [1.807, 2.05) is 25.1 Å². The minimum absolute atomic E-state index is 0.0658. The third-order valence-electron chi connectivity index (χ3n) is 5.30. The fourth-order valence-electron chi connectivity index (χ4n) is 3.67. The largest absolute Gasteiger partial charge is 0.484 e. The molecular formula is C22H22N6O5S. The van der Waals surface area contributed by atoms with Gasteiger partial charge in [0.1, 0.15) is 34.3 Å². The van der Waals surface area contributed by atoms with Crippen LogP contribution < -0.4 is 10.1 Å². The summed E-state index contributed by atoms with van der Waals surface area (Å²) in [5, 5.41) is 22.9. The SMILES string of the molecule is Cc1cnc(-c2nc(NC(=O)COc3ccccc3)nc3c2ncn3[C@H]2C[C@H](O)[C@@H](CO)O2)s1. The number of aromatic nitrogens is 5. The van der Waals surface area contributed by atoms with Gasteiger partial charge in [-0.2, -0.15) is 4.98 Å². The van der Waals surface area contributed by atoms with Crippen LogP contribution in [0, 0.1) is 6.92 Å². The maximum absolute atomic E-state index is 12.5. The molecule has 3 aromatic heterocycles. The van der Waals surface area contributed by atoms with E-state index in [1.165, 1.54) is 11.3 Å². The molecule has 0 spiro atoms. The number of ether oxygens (including phenoxy) is 2. The van der Waals surface area contributed by atoms with E-state index in [2.05, 4.69) is 25.3 Å². The quantitative estimate of drug-likeness (QED) is 0.360. The van der Waals surface area contributed by atoms with E-state index in [0.717, 1.165) is 4.88 Å². The second kappa shape index (κ2) is 9.43. The normalized spacial score (nSPS) is 20.0. The van der Waals surface area contributed by atoms with Crippen molar-refractivity contribution in [2.45, 2.75) is 31.8 Å². The fraction of sp³-hybridized carbons (Fsp3) is 0.318. The lowest BCUT2D eigenvalue weighted by molar-refractivity contribution is -0.118. The summed E-state index contributed by atoms with van der Waals surface area (Å²) in [4.78, 5) is 31.4. The van der Waals surface area contributed by atoms with Crippen LogP contribution >= 0.6 is 11.3 Å². The summed E-state index contributed by atoms with van der Waals surface area (Å²) in [6.45, 7) is 1.42. The van der Waals surface area contributed by atoms with Gasteiger partial charge in [0.05, 0.1) is 19.0 Å². The molecule has 0 unspecified atom stereocenters. The van der Waals surface area contributed by atoms with E-state index in [-0.39, 0.29) is 25.6 Å². The van der Waals surface area contributed by atoms with E-state index in [4.69, 9.17) is 9.47 Å². The van der Waals surface area contributed by atoms with Crippen molar-refractivity contribution in [1.82, 2.24) is 24.5 Å². The molecule has 0 bridgehead atoms. The number of aliphatic hydroxyl groups is 2. The molecule has 3 atom stereocenters. The summed E-state index contributed by atoms with van der Waals surface area (Å²) in [7, 11) is 0. The molecule has 0 radical (unpaired) electrons. The van der Waals surface area contributed by atoms with E-state index in [9.17, 15) is 15.0 Å². The standard InChI is InChI=1S/C22H22N6O5S/c1-12-8-23-21(34-12)19-18-20(28(11-24-18)17-7-14(30)15(9-29)33-17)27-22(26-19)25-16(31)10-32-13-5-3-2-4-6-13/h2-6,8,11,14-15,17,29-30H,7,9-10H2,1H3,(H,25,26,27,31)/t14-,15+,17+/m0/s1. The monoisotopic (exact) mass is 482 g/mol. The zero-order valence-electron chi connectivity index (χ0n) is 18.2. The van der Waals surface area contributed by atoms with E-state index in [0.29, 0.717) is 27.6 Å². The van der Waals surface area contributed by atoms with Gasteiger partial charge in [0.25, 0.3) is 5.91 Å². The maximum atomic E-state index is 12.5. The molecule has 1 aromatic carbocycles. The van der Waals surface area contributed by atoms with Gasteiger partial charge in [-0.3, -0.25) is 14.7 Å². The van der Waals surface area contributed by atoms with Crippen LogP contribution in [-0.2, 0) is 9.53 Å². The summed E-state index contributed by atoms with van der Waals surface area (Å²) in [6, 6.07) is 9.00. The minimum atomic E-state index is -0.815. The van der Waals surface area contributed by atoms with Gasteiger partial charge in [-0.1, -0.05) is 18.2 Å². The highest BCUT2D eigenvalue weighted by Crippen LogP contribution is 2.34. The van der Waals surface area contributed by atoms with Crippen LogP contribution in [0.1, 0.15) is 17.5 Å². The van der Waals surface area contributed by atoms with Gasteiger partial charge < -0.3 is 19.7 Å². The third-order valence-corrected chi connectivity index (χ3v) is 6.22. The topological polar surface area (TPSA) is 145 Å². The first-order chi connectivity index (χ1) is 16.5. The molecule has 1 aliphatic rings. The first kappa shape index (κ1) is 22.3. The Morgan fingerprint density at radius 1 is 1.29 bits per heavy atom. The van der Waals surface area contributed by atoms with Crippen LogP contribution in [0.25, 0.3) is 21.9 Å². The number of hydrogen-bond donors (Lipinski definition) is 3. The summed E-state index contributed by atoms with van der Waals surface area (Å²) >= 11 is 1.44. The number of aliphatic hydroxyl groups excluding tert-OH is 2. The van der Waals surface area contributed by atoms with Gasteiger partial charge >= 0.3 is 0 Å². The van der Waals surface area contributed by atoms with E-state index < -0.39 is 24.3 Å². The van der Waals surface area contributed by atoms with Crippen molar-refractivity contribution in [1.29, 1.82) is 0 Å². The zero-order valence-corrected chi connectivity index (χ0v) is 19.0. The van der Waals surface area contributed by atoms with Crippen molar-refractivity contribution in [2.24, 2.45) is 0 Å². The van der Waals surface area contributed by atoms with Gasteiger partial charge in [0.15, 0.2) is 12.3 Å². The van der Waals surface area contributed by atoms with Gasteiger partial charge in [0.2, 0.25) is 5.95 Å². The first-order valence-corrected chi connectivity index (χ1v) is 11.4. The average molecular weight is 483 g/mol. The number of hydrogen-bond acceptors (Lipinski definition) is 10. The predicted molar refractivity (Wildman–Crippen MR) is 123 cm³/mol. The molecule has 4 aromatic rings. The van der Waals surface area contributed by atoms with Crippen molar-refractivity contribution in [3.05, 3.63) is 47.7 Å². The number of anilines is 1. The number of rotatable bonds is 7. The van der Waals surface area contributed by atoms with Gasteiger partial charge in [-0.25, -0.2) is 15.0 Å². The summed E-state index contributed by atoms with van der Waals surface area (Å²) in [6.07, 6.45) is 1.45. The molecule has 4 heterocycles. The molecule has 1 amide bonds. The van der Waals surface area contributed by atoms with Crippen molar-refractivity contribution in [2.75, 3.05) is 18.5 Å². The average Bonchev–Trinajstić information content (AvgIpc) is 3.56. The van der Waals surface area contributed by atoms with Crippen LogP contribution in [0.3, 0.4) is 0 Å². The Bertz CT molecular complexity index is 1310. The van der Waals surface area contributed by atoms with E-state index in [1.54, 1.807) is 29.2 Å². The Labute approximate surface area is 198 Å². The van der Waals surface area contributed by atoms with Gasteiger partial charge in [-0.05, 0) is 19.1 Å². The lowest BCUT2D eigenvalue weighted by Gasteiger charge is -2.14. The number of amides is 1. The number of nitrogens with one attached hydrogen (secondary N) is 1. The predicted octanol–water partition coefficient (Wildman–Crippen LogP) is 1.92. The third kappa shape index (κ3) is 4.48. The number of fused-ring (bicyclic) bond motifs is 1. The van der Waals surface area contributed by atoms with Crippen LogP contribution in [-0.4, -0.2) is 66.0 Å². The number of aryl methyl sites for hydroxylation is 1. The Kier molecular flexibility index (Phi) is 6.20. The highest BCUT2D eigenvalue weighted by atomic mass is 32.1. The zero-order chi connectivity index (χ0) is 23.7. The summed E-state index contributed by atoms with van der Waals surface area (Å²) < 4.78 is 12.9. The number of carbonyl (C=O) groups is 1. The molecule has 11 nitrogen and oxygen atoms in total. The smallest absolute Gasteiger partial charge is 0.264 e. The van der Waals surface area contributed by atoms with Crippen molar-refractivity contribution >= 4 is 34.4 Å². The molecule has 5 rings (SSSR count). The molecular weight excluding hydrogens is 460 g/mol. The summed E-state index contributed by atoms with van der Waals surface area (Å²) in [5.74, 6) is 0.209. The lowest BCUT2D eigenvalue weighted by atomic mass is 10.2. The molecule has 0 saturated carbocycles. The van der Waals surface area contributed by atoms with Crippen LogP contribution in [0.5, 0.6) is 5.75 Å². The van der Waals surface area contributed by atoms with Crippen LogP contribution in [0.15, 0.2) is 42.9 Å². The highest BCUT2D eigenvalue weighted by Gasteiger charge is 2.35. The number of thiazole rings is 1. The second-order valence-corrected chi connectivity index (χ2v) is 9.00. The molecule has 1 saturated heterocycles. The number of para-hydroxylation sites is 1. The van der Waals surface area contributed by atoms with Gasteiger partial charge in [-0.15, -0.1) is 11.3 Å². The summed E-state index contributed by atoms with van der Waals surface area (Å²) in [5.41, 5.74) is 1.37. The highest BCUT2D eigenvalue weighted by molar-refractivity contribution is 7.15. The lowest BCUT2D eigenvalue weighted by Crippen LogP contribution is -2.24. The molecule has 34 heavy (non-hydrogen) atoms. The Morgan fingerprint density at radius 2 is 2.12 bits per heavy atom. The van der Waals surface area contributed by atoms with Gasteiger partial charge in [0, 0.05) is 17.5 Å². The number of nitrogens with zero attached hydrogens (tertiary/aromatic N) is 5. The Balaban J connectivity index is 1.47. The minimum Gasteiger partial charge on any atom is -0.484 e. The molecule has 12 heteroatoms. The van der Waals surface area contributed by atoms with Crippen molar-refractivity contribution in [3.8, 4) is 16.5 Å². The molecule has 3 N–H and O–H groups in total. The molecule has 1 aliphatic heterocycles. The Morgan fingerprint density at radius 3 is 2.82 bits per heavy atom. The Hall–Kier alpha value is -3.45. The number of benzene rings is 1. The fourth-order valence-corrected chi connectivity index (χ4v) is 4.43. The first-order valence-electron chi connectivity index (χ1n) is 10.6. The van der Waals surface area contributed by atoms with Crippen molar-refractivity contribution < 1.29 is 24.5 Å². The van der Waals surface area contributed by atoms with Crippen LogP contribution in [0.4, 0.5) is 5.95 Å². The molecule has 0 aliphatic carbocycles. The number of carbonyl (C=O) groups excluding carboxylic acids is 1. The van der Waals surface area contributed by atoms with E-state index >= 15 is 0 Å². The van der Waals surface area contributed by atoms with Crippen molar-refractivity contribution in [3.63, 3.8) is 0 Å². The van der Waals surface area contributed by atoms with Crippen LogP contribution in [0.2, 0.25) is 0 Å².